The summed E-state index contributed by atoms with van der Waals surface area (Å²) in [5, 5.41) is 17.5. The van der Waals surface area contributed by atoms with E-state index in [4.69, 9.17) is 4.74 Å². The van der Waals surface area contributed by atoms with Crippen LogP contribution in [0.1, 0.15) is 30.1 Å². The van der Waals surface area contributed by atoms with E-state index in [0.717, 1.165) is 24.0 Å². The molecule has 0 aliphatic carbocycles. The number of benzene rings is 1. The molecular formula is C18H21N3O3. The number of aromatic amines is 1. The molecule has 0 saturated carbocycles. The molecule has 6 nitrogen and oxygen atoms in total. The molecule has 2 saturated heterocycles. The Morgan fingerprint density at radius 1 is 1.33 bits per heavy atom. The summed E-state index contributed by atoms with van der Waals surface area (Å²) in [7, 11) is 0. The second kappa shape index (κ2) is 6.03. The summed E-state index contributed by atoms with van der Waals surface area (Å²) >= 11 is 0. The molecule has 0 bridgehead atoms. The summed E-state index contributed by atoms with van der Waals surface area (Å²) in [5.74, 6) is -0.154. The second-order valence-corrected chi connectivity index (χ2v) is 6.66. The molecule has 0 radical (unpaired) electrons. The molecule has 2 aliphatic rings. The summed E-state index contributed by atoms with van der Waals surface area (Å²) < 4.78 is 5.84. The highest BCUT2D eigenvalue weighted by Crippen LogP contribution is 2.38. The van der Waals surface area contributed by atoms with Crippen molar-refractivity contribution < 1.29 is 14.6 Å². The molecule has 2 aromatic rings. The molecule has 0 unspecified atom stereocenters. The number of amides is 1. The molecule has 126 valence electrons. The smallest absolute Gasteiger partial charge is 0.228 e. The van der Waals surface area contributed by atoms with E-state index in [-0.39, 0.29) is 17.9 Å². The predicted molar refractivity (Wildman–Crippen MR) is 86.9 cm³/mol. The Bertz CT molecular complexity index is 696. The maximum Gasteiger partial charge on any atom is 0.228 e. The van der Waals surface area contributed by atoms with Gasteiger partial charge in [0.05, 0.1) is 31.3 Å². The maximum absolute atomic E-state index is 12.9. The zero-order chi connectivity index (χ0) is 16.6. The van der Waals surface area contributed by atoms with E-state index in [1.807, 2.05) is 30.3 Å². The van der Waals surface area contributed by atoms with E-state index < -0.39 is 5.60 Å². The van der Waals surface area contributed by atoms with Gasteiger partial charge < -0.3 is 14.7 Å². The number of nitrogens with zero attached hydrogens (tertiary/aromatic N) is 2. The van der Waals surface area contributed by atoms with Gasteiger partial charge in [-0.2, -0.15) is 5.10 Å². The molecular weight excluding hydrogens is 306 g/mol. The van der Waals surface area contributed by atoms with Crippen molar-refractivity contribution in [3.05, 3.63) is 53.9 Å². The highest BCUT2D eigenvalue weighted by molar-refractivity contribution is 5.81. The highest BCUT2D eigenvalue weighted by atomic mass is 16.5. The number of nitrogens with one attached hydrogen (secondary N) is 1. The average Bonchev–Trinajstić information content (AvgIpc) is 3.13. The van der Waals surface area contributed by atoms with Crippen molar-refractivity contribution in [1.82, 2.24) is 15.1 Å². The first kappa shape index (κ1) is 15.4. The number of likely N-dealkylation sites (tertiary alicyclic amines) is 1. The fraction of sp³-hybridized carbons (Fsp3) is 0.444. The number of carbonyl (C=O) groups is 1. The van der Waals surface area contributed by atoms with Crippen LogP contribution in [0.25, 0.3) is 0 Å². The van der Waals surface area contributed by atoms with Gasteiger partial charge in [0, 0.05) is 18.4 Å². The Morgan fingerprint density at radius 2 is 2.12 bits per heavy atom. The molecule has 2 aliphatic heterocycles. The predicted octanol–water partition coefficient (Wildman–Crippen LogP) is 1.61. The summed E-state index contributed by atoms with van der Waals surface area (Å²) in [4.78, 5) is 14.6. The minimum atomic E-state index is -0.933. The van der Waals surface area contributed by atoms with Crippen molar-refractivity contribution in [3.63, 3.8) is 0 Å². The number of aromatic nitrogens is 2. The Kier molecular flexibility index (Phi) is 3.86. The minimum absolute atomic E-state index is 0.0570. The lowest BCUT2D eigenvalue weighted by Gasteiger charge is -2.48. The van der Waals surface area contributed by atoms with Gasteiger partial charge in [-0.15, -0.1) is 0 Å². The Labute approximate surface area is 140 Å². The van der Waals surface area contributed by atoms with Crippen LogP contribution in [0, 0.1) is 5.92 Å². The van der Waals surface area contributed by atoms with E-state index in [1.54, 1.807) is 17.3 Å². The Balaban J connectivity index is 1.46. The third kappa shape index (κ3) is 2.61. The number of β-amino-alcohol motifs (C(OH)–C–C–N with tert-alkyl or cyclic N) is 1. The standard InChI is InChI=1S/C18H21N3O3/c22-17(15-7-4-8-24-16(15)13-9-19-20-10-13)21-11-18(23,12-21)14-5-2-1-3-6-14/h1-3,5-6,9-10,15-16,23H,4,7-8,11-12H2,(H,19,20)/t15-,16+/m1/s1. The number of hydrogen-bond acceptors (Lipinski definition) is 4. The SMILES string of the molecule is O=C([C@@H]1CCCO[C@H]1c1cn[nH]c1)N1CC(O)(c2ccccc2)C1. The van der Waals surface area contributed by atoms with E-state index in [1.165, 1.54) is 0 Å². The van der Waals surface area contributed by atoms with Gasteiger partial charge in [-0.3, -0.25) is 9.89 Å². The fourth-order valence-electron chi connectivity index (χ4n) is 3.69. The molecule has 0 spiro atoms. The van der Waals surface area contributed by atoms with E-state index in [2.05, 4.69) is 10.2 Å². The molecule has 1 amide bonds. The zero-order valence-electron chi connectivity index (χ0n) is 13.4. The molecule has 2 N–H and O–H groups in total. The maximum atomic E-state index is 12.9. The van der Waals surface area contributed by atoms with Crippen molar-refractivity contribution in [1.29, 1.82) is 0 Å². The third-order valence-electron chi connectivity index (χ3n) is 5.02. The molecule has 6 heteroatoms. The van der Waals surface area contributed by atoms with E-state index in [9.17, 15) is 9.90 Å². The van der Waals surface area contributed by atoms with Crippen molar-refractivity contribution >= 4 is 5.91 Å². The number of H-pyrrole nitrogens is 1. The lowest BCUT2D eigenvalue weighted by Crippen LogP contribution is -2.62. The summed E-state index contributed by atoms with van der Waals surface area (Å²) in [6, 6.07) is 9.53. The van der Waals surface area contributed by atoms with Gasteiger partial charge in [-0.25, -0.2) is 0 Å². The first-order valence-corrected chi connectivity index (χ1v) is 8.34. The largest absolute Gasteiger partial charge is 0.381 e. The van der Waals surface area contributed by atoms with Crippen LogP contribution in [-0.2, 0) is 15.1 Å². The topological polar surface area (TPSA) is 78.5 Å². The van der Waals surface area contributed by atoms with Crippen LogP contribution in [0.5, 0.6) is 0 Å². The molecule has 2 atom stereocenters. The molecule has 24 heavy (non-hydrogen) atoms. The van der Waals surface area contributed by atoms with Gasteiger partial charge in [0.1, 0.15) is 5.60 Å². The number of carbonyl (C=O) groups excluding carboxylic acids is 1. The first-order chi connectivity index (χ1) is 11.7. The van der Waals surface area contributed by atoms with Gasteiger partial charge in [0.15, 0.2) is 0 Å². The summed E-state index contributed by atoms with van der Waals surface area (Å²) in [6.07, 6.45) is 4.92. The second-order valence-electron chi connectivity index (χ2n) is 6.66. The number of aliphatic hydroxyl groups is 1. The summed E-state index contributed by atoms with van der Waals surface area (Å²) in [5.41, 5.74) is 0.838. The highest BCUT2D eigenvalue weighted by Gasteiger charge is 2.48. The van der Waals surface area contributed by atoms with Gasteiger partial charge in [-0.1, -0.05) is 30.3 Å². The van der Waals surface area contributed by atoms with Crippen LogP contribution >= 0.6 is 0 Å². The lowest BCUT2D eigenvalue weighted by molar-refractivity contribution is -0.169. The number of rotatable bonds is 3. The van der Waals surface area contributed by atoms with Crippen LogP contribution in [0.15, 0.2) is 42.7 Å². The van der Waals surface area contributed by atoms with Crippen LogP contribution < -0.4 is 0 Å². The van der Waals surface area contributed by atoms with Gasteiger partial charge in [0.25, 0.3) is 0 Å². The third-order valence-corrected chi connectivity index (χ3v) is 5.02. The van der Waals surface area contributed by atoms with Crippen molar-refractivity contribution in [3.8, 4) is 0 Å². The Morgan fingerprint density at radius 3 is 2.83 bits per heavy atom. The zero-order valence-corrected chi connectivity index (χ0v) is 13.4. The quantitative estimate of drug-likeness (QED) is 0.898. The van der Waals surface area contributed by atoms with Gasteiger partial charge in [-0.05, 0) is 18.4 Å². The van der Waals surface area contributed by atoms with Crippen molar-refractivity contribution in [2.75, 3.05) is 19.7 Å². The van der Waals surface area contributed by atoms with Crippen LogP contribution in [0.3, 0.4) is 0 Å². The van der Waals surface area contributed by atoms with Gasteiger partial charge in [0.2, 0.25) is 5.91 Å². The van der Waals surface area contributed by atoms with Crippen molar-refractivity contribution in [2.45, 2.75) is 24.5 Å². The van der Waals surface area contributed by atoms with Crippen LogP contribution in [0.4, 0.5) is 0 Å². The van der Waals surface area contributed by atoms with Crippen LogP contribution in [-0.4, -0.2) is 45.8 Å². The molecule has 3 heterocycles. The number of hydrogen-bond donors (Lipinski definition) is 2. The van der Waals surface area contributed by atoms with Crippen LogP contribution in [0.2, 0.25) is 0 Å². The summed E-state index contributed by atoms with van der Waals surface area (Å²) in [6.45, 7) is 1.34. The average molecular weight is 327 g/mol. The normalized spacial score (nSPS) is 26.0. The molecule has 2 fully saturated rings. The van der Waals surface area contributed by atoms with E-state index >= 15 is 0 Å². The van der Waals surface area contributed by atoms with Gasteiger partial charge >= 0.3 is 0 Å². The minimum Gasteiger partial charge on any atom is -0.381 e. The monoisotopic (exact) mass is 327 g/mol. The Hall–Kier alpha value is -2.18. The number of ether oxygens (including phenoxy) is 1. The molecule has 4 rings (SSSR count). The fourth-order valence-corrected chi connectivity index (χ4v) is 3.69. The molecule has 1 aromatic carbocycles. The lowest BCUT2D eigenvalue weighted by atomic mass is 9.83. The van der Waals surface area contributed by atoms with Crippen molar-refractivity contribution in [2.24, 2.45) is 5.92 Å². The molecule has 1 aromatic heterocycles. The first-order valence-electron chi connectivity index (χ1n) is 8.34. The van der Waals surface area contributed by atoms with E-state index in [0.29, 0.717) is 19.7 Å².